The van der Waals surface area contributed by atoms with Gasteiger partial charge in [-0.1, -0.05) is 48.3 Å². The van der Waals surface area contributed by atoms with Crippen LogP contribution in [-0.2, 0) is 6.42 Å². The van der Waals surface area contributed by atoms with Crippen LogP contribution in [0.15, 0.2) is 57.6 Å². The first-order valence-corrected chi connectivity index (χ1v) is 9.76. The van der Waals surface area contributed by atoms with Crippen LogP contribution < -0.4 is 10.2 Å². The summed E-state index contributed by atoms with van der Waals surface area (Å²) < 4.78 is 11.2. The van der Waals surface area contributed by atoms with E-state index in [1.807, 2.05) is 30.3 Å². The molecule has 1 aliphatic rings. The second kappa shape index (κ2) is 8.73. The van der Waals surface area contributed by atoms with Gasteiger partial charge in [-0.25, -0.2) is 0 Å². The van der Waals surface area contributed by atoms with Crippen LogP contribution in [-0.4, -0.2) is 29.2 Å². The quantitative estimate of drug-likeness (QED) is 0.701. The fourth-order valence-electron chi connectivity index (χ4n) is 3.44. The average molecular weight is 380 g/mol. The Labute approximate surface area is 163 Å². The number of anilines is 1. The van der Waals surface area contributed by atoms with Gasteiger partial charge in [-0.3, -0.25) is 4.79 Å². The molecule has 28 heavy (non-hydrogen) atoms. The third-order valence-electron chi connectivity index (χ3n) is 4.94. The summed E-state index contributed by atoms with van der Waals surface area (Å²) in [5, 5.41) is 11.5. The molecule has 0 aliphatic carbocycles. The first kappa shape index (κ1) is 18.3. The van der Waals surface area contributed by atoms with Gasteiger partial charge >= 0.3 is 6.01 Å². The van der Waals surface area contributed by atoms with Crippen LogP contribution in [0.4, 0.5) is 6.01 Å². The van der Waals surface area contributed by atoms with Gasteiger partial charge in [0.05, 0.1) is 6.26 Å². The summed E-state index contributed by atoms with van der Waals surface area (Å²) in [5.74, 6) is 0.355. The smallest absolute Gasteiger partial charge is 0.318 e. The van der Waals surface area contributed by atoms with Crippen molar-refractivity contribution in [3.63, 3.8) is 0 Å². The van der Waals surface area contributed by atoms with Gasteiger partial charge in [-0.2, -0.15) is 0 Å². The lowest BCUT2D eigenvalue weighted by Gasteiger charge is -2.17. The van der Waals surface area contributed by atoms with Crippen molar-refractivity contribution in [3.05, 3.63) is 65.9 Å². The van der Waals surface area contributed by atoms with E-state index >= 15 is 0 Å². The Hall–Kier alpha value is -3.09. The number of nitrogens with zero attached hydrogens (tertiary/aromatic N) is 3. The van der Waals surface area contributed by atoms with E-state index in [4.69, 9.17) is 8.83 Å². The number of hydrogen-bond donors (Lipinski definition) is 1. The number of nitrogens with one attached hydrogen (secondary N) is 1. The van der Waals surface area contributed by atoms with Gasteiger partial charge in [-0.05, 0) is 30.5 Å². The monoisotopic (exact) mass is 380 g/mol. The van der Waals surface area contributed by atoms with Crippen molar-refractivity contribution in [2.45, 2.75) is 38.1 Å². The Kier molecular flexibility index (Phi) is 5.70. The number of benzene rings is 1. The molecule has 3 heterocycles. The van der Waals surface area contributed by atoms with Gasteiger partial charge in [0, 0.05) is 19.5 Å². The minimum absolute atomic E-state index is 0.255. The normalized spacial score (nSPS) is 15.8. The van der Waals surface area contributed by atoms with Crippen LogP contribution in [0, 0.1) is 0 Å². The summed E-state index contributed by atoms with van der Waals surface area (Å²) in [7, 11) is 0. The summed E-state index contributed by atoms with van der Waals surface area (Å²) in [6.07, 6.45) is 6.74. The highest BCUT2D eigenvalue weighted by Crippen LogP contribution is 2.23. The molecule has 0 unspecified atom stereocenters. The molecule has 1 aliphatic heterocycles. The molecule has 0 spiro atoms. The van der Waals surface area contributed by atoms with E-state index in [0.29, 0.717) is 18.3 Å². The summed E-state index contributed by atoms with van der Waals surface area (Å²) in [6.45, 7) is 1.84. The molecule has 0 bridgehead atoms. The standard InChI is InChI=1S/C21H24N4O3/c26-19(18-11-8-14-27-18)22-17(15-16-9-4-3-5-10-16)20-23-24-21(28-20)25-12-6-1-2-7-13-25/h3-5,8-11,14,17H,1-2,6-7,12-13,15H2,(H,22,26)/t17-/m1/s1. The van der Waals surface area contributed by atoms with E-state index in [-0.39, 0.29) is 11.7 Å². The largest absolute Gasteiger partial charge is 0.459 e. The maximum absolute atomic E-state index is 12.5. The third kappa shape index (κ3) is 4.42. The van der Waals surface area contributed by atoms with Gasteiger partial charge in [0.2, 0.25) is 5.89 Å². The minimum atomic E-state index is -0.437. The fraction of sp³-hybridized carbons (Fsp3) is 0.381. The number of rotatable bonds is 6. The van der Waals surface area contributed by atoms with Crippen molar-refractivity contribution >= 4 is 11.9 Å². The van der Waals surface area contributed by atoms with Crippen molar-refractivity contribution in [2.75, 3.05) is 18.0 Å². The Morgan fingerprint density at radius 1 is 1.04 bits per heavy atom. The maximum Gasteiger partial charge on any atom is 0.318 e. The molecule has 1 N–H and O–H groups in total. The van der Waals surface area contributed by atoms with Crippen LogP contribution in [0.2, 0.25) is 0 Å². The van der Waals surface area contributed by atoms with Crippen molar-refractivity contribution in [1.82, 2.24) is 15.5 Å². The second-order valence-electron chi connectivity index (χ2n) is 7.02. The number of hydrogen-bond acceptors (Lipinski definition) is 6. The van der Waals surface area contributed by atoms with Crippen molar-refractivity contribution in [3.8, 4) is 0 Å². The lowest BCUT2D eigenvalue weighted by molar-refractivity contribution is 0.0902. The topological polar surface area (TPSA) is 84.4 Å². The highest BCUT2D eigenvalue weighted by Gasteiger charge is 2.25. The Morgan fingerprint density at radius 3 is 2.54 bits per heavy atom. The van der Waals surface area contributed by atoms with Crippen LogP contribution in [0.25, 0.3) is 0 Å². The van der Waals surface area contributed by atoms with Gasteiger partial charge < -0.3 is 19.1 Å². The molecule has 7 nitrogen and oxygen atoms in total. The van der Waals surface area contributed by atoms with E-state index in [1.54, 1.807) is 12.1 Å². The molecular formula is C21H24N4O3. The van der Waals surface area contributed by atoms with Gasteiger partial charge in [0.25, 0.3) is 5.91 Å². The van der Waals surface area contributed by atoms with Gasteiger partial charge in [-0.15, -0.1) is 5.10 Å². The zero-order valence-electron chi connectivity index (χ0n) is 15.7. The van der Waals surface area contributed by atoms with Crippen LogP contribution in [0.5, 0.6) is 0 Å². The molecule has 1 amide bonds. The highest BCUT2D eigenvalue weighted by molar-refractivity contribution is 5.91. The summed E-state index contributed by atoms with van der Waals surface area (Å²) in [4.78, 5) is 14.7. The zero-order chi connectivity index (χ0) is 19.2. The summed E-state index contributed by atoms with van der Waals surface area (Å²) in [6, 6.07) is 13.3. The maximum atomic E-state index is 12.5. The van der Waals surface area contributed by atoms with E-state index in [0.717, 1.165) is 31.5 Å². The van der Waals surface area contributed by atoms with Crippen molar-refractivity contribution < 1.29 is 13.6 Å². The number of aromatic nitrogens is 2. The number of furan rings is 1. The second-order valence-corrected chi connectivity index (χ2v) is 7.02. The molecule has 1 fully saturated rings. The molecule has 0 saturated carbocycles. The molecule has 1 atom stereocenters. The number of carbonyl (C=O) groups excluding carboxylic acids is 1. The fourth-order valence-corrected chi connectivity index (χ4v) is 3.44. The van der Waals surface area contributed by atoms with E-state index in [1.165, 1.54) is 19.1 Å². The summed E-state index contributed by atoms with van der Waals surface area (Å²) >= 11 is 0. The van der Waals surface area contributed by atoms with Crippen molar-refractivity contribution in [2.24, 2.45) is 0 Å². The zero-order valence-corrected chi connectivity index (χ0v) is 15.7. The Bertz CT molecular complexity index is 868. The molecule has 0 radical (unpaired) electrons. The molecule has 1 aromatic carbocycles. The average Bonchev–Trinajstić information content (AvgIpc) is 3.36. The molecule has 7 heteroatoms. The third-order valence-corrected chi connectivity index (χ3v) is 4.94. The summed E-state index contributed by atoms with van der Waals surface area (Å²) in [5.41, 5.74) is 1.07. The Morgan fingerprint density at radius 2 is 1.82 bits per heavy atom. The van der Waals surface area contributed by atoms with Crippen molar-refractivity contribution in [1.29, 1.82) is 0 Å². The predicted octanol–water partition coefficient (Wildman–Crippen LogP) is 3.76. The SMILES string of the molecule is O=C(N[C@H](Cc1ccccc1)c1nnc(N2CCCCCC2)o1)c1ccco1. The molecule has 146 valence electrons. The molecule has 2 aromatic heterocycles. The minimum Gasteiger partial charge on any atom is -0.459 e. The van der Waals surface area contributed by atoms with E-state index in [2.05, 4.69) is 20.4 Å². The van der Waals surface area contributed by atoms with Crippen LogP contribution in [0.1, 0.15) is 53.7 Å². The molecule has 4 rings (SSSR count). The molecule has 3 aromatic rings. The first-order valence-electron chi connectivity index (χ1n) is 9.76. The highest BCUT2D eigenvalue weighted by atomic mass is 16.4. The lowest BCUT2D eigenvalue weighted by Crippen LogP contribution is -2.30. The van der Waals surface area contributed by atoms with E-state index in [9.17, 15) is 4.79 Å². The predicted molar refractivity (Wildman–Crippen MR) is 104 cm³/mol. The van der Waals surface area contributed by atoms with Crippen LogP contribution in [0.3, 0.4) is 0 Å². The van der Waals surface area contributed by atoms with Gasteiger partial charge in [0.15, 0.2) is 5.76 Å². The first-order chi connectivity index (χ1) is 13.8. The number of amides is 1. The van der Waals surface area contributed by atoms with Gasteiger partial charge in [0.1, 0.15) is 6.04 Å². The van der Waals surface area contributed by atoms with E-state index < -0.39 is 6.04 Å². The lowest BCUT2D eigenvalue weighted by atomic mass is 10.1. The molecule has 1 saturated heterocycles. The van der Waals surface area contributed by atoms with Crippen LogP contribution >= 0.6 is 0 Å². The Balaban J connectivity index is 1.55. The number of carbonyl (C=O) groups is 1. The molecular weight excluding hydrogens is 356 g/mol.